The predicted molar refractivity (Wildman–Crippen MR) is 100 cm³/mol. The van der Waals surface area contributed by atoms with Crippen LogP contribution in [0.1, 0.15) is 57.3 Å². The van der Waals surface area contributed by atoms with Gasteiger partial charge in [0.25, 0.3) is 17.5 Å². The zero-order valence-electron chi connectivity index (χ0n) is 15.2. The van der Waals surface area contributed by atoms with Gasteiger partial charge in [0, 0.05) is 6.07 Å². The standard InChI is InChI=1S/C20H18N2O6/c1-2-3-6-12-28-20(25)13-8-4-5-10-15(13)21-18(23)14-9-7-11-16(22(26)27)17(14)19(21)24/h4-5,7-11H,2-3,6,12H2,1H3. The second kappa shape index (κ2) is 7.99. The lowest BCUT2D eigenvalue weighted by Gasteiger charge is -2.17. The van der Waals surface area contributed by atoms with Gasteiger partial charge in [0.15, 0.2) is 0 Å². The molecule has 0 unspecified atom stereocenters. The van der Waals surface area contributed by atoms with Gasteiger partial charge in [-0.25, -0.2) is 9.69 Å². The molecule has 28 heavy (non-hydrogen) atoms. The fraction of sp³-hybridized carbons (Fsp3) is 0.250. The third-order valence-corrected chi connectivity index (χ3v) is 4.44. The van der Waals surface area contributed by atoms with Crippen LogP contribution in [0.25, 0.3) is 0 Å². The molecule has 0 aromatic heterocycles. The first-order valence-corrected chi connectivity index (χ1v) is 8.89. The molecule has 0 atom stereocenters. The van der Waals surface area contributed by atoms with E-state index in [2.05, 4.69) is 0 Å². The molecule has 8 nitrogen and oxygen atoms in total. The summed E-state index contributed by atoms with van der Waals surface area (Å²) in [4.78, 5) is 49.4. The molecule has 144 valence electrons. The summed E-state index contributed by atoms with van der Waals surface area (Å²) in [6, 6.07) is 9.93. The van der Waals surface area contributed by atoms with Crippen LogP contribution in [-0.2, 0) is 4.74 Å². The molecule has 0 saturated heterocycles. The number of carbonyl (C=O) groups excluding carboxylic acids is 3. The minimum Gasteiger partial charge on any atom is -0.462 e. The Morgan fingerprint density at radius 3 is 2.54 bits per heavy atom. The fourth-order valence-corrected chi connectivity index (χ4v) is 3.07. The van der Waals surface area contributed by atoms with Crippen molar-refractivity contribution < 1.29 is 24.0 Å². The number of imide groups is 1. The van der Waals surface area contributed by atoms with E-state index in [1.54, 1.807) is 12.1 Å². The van der Waals surface area contributed by atoms with Gasteiger partial charge in [0.05, 0.1) is 28.3 Å². The lowest BCUT2D eigenvalue weighted by atomic mass is 10.1. The van der Waals surface area contributed by atoms with Crippen LogP contribution >= 0.6 is 0 Å². The minimum atomic E-state index is -0.835. The van der Waals surface area contributed by atoms with Crippen LogP contribution in [0, 0.1) is 10.1 Å². The number of rotatable bonds is 7. The second-order valence-electron chi connectivity index (χ2n) is 6.26. The summed E-state index contributed by atoms with van der Waals surface area (Å²) in [6.07, 6.45) is 2.60. The lowest BCUT2D eigenvalue weighted by molar-refractivity contribution is -0.385. The van der Waals surface area contributed by atoms with Crippen molar-refractivity contribution in [1.82, 2.24) is 0 Å². The van der Waals surface area contributed by atoms with Crippen LogP contribution < -0.4 is 4.90 Å². The Morgan fingerprint density at radius 2 is 1.82 bits per heavy atom. The van der Waals surface area contributed by atoms with Crippen LogP contribution in [0.3, 0.4) is 0 Å². The van der Waals surface area contributed by atoms with Crippen LogP contribution in [0.2, 0.25) is 0 Å². The number of nitro groups is 1. The van der Waals surface area contributed by atoms with E-state index in [9.17, 15) is 24.5 Å². The first-order chi connectivity index (χ1) is 13.5. The fourth-order valence-electron chi connectivity index (χ4n) is 3.07. The van der Waals surface area contributed by atoms with E-state index in [4.69, 9.17) is 4.74 Å². The Hall–Kier alpha value is -3.55. The van der Waals surface area contributed by atoms with Crippen molar-refractivity contribution in [2.24, 2.45) is 0 Å². The van der Waals surface area contributed by atoms with Gasteiger partial charge in [-0.2, -0.15) is 0 Å². The molecule has 1 aliphatic heterocycles. The summed E-state index contributed by atoms with van der Waals surface area (Å²) in [5.74, 6) is -2.20. The maximum atomic E-state index is 12.9. The highest BCUT2D eigenvalue weighted by Gasteiger charge is 2.43. The van der Waals surface area contributed by atoms with Crippen molar-refractivity contribution in [2.75, 3.05) is 11.5 Å². The zero-order chi connectivity index (χ0) is 20.3. The first kappa shape index (κ1) is 19.2. The summed E-state index contributed by atoms with van der Waals surface area (Å²) in [5.41, 5.74) is -0.688. The number of amides is 2. The number of unbranched alkanes of at least 4 members (excludes halogenated alkanes) is 2. The molecule has 0 fully saturated rings. The summed E-state index contributed by atoms with van der Waals surface area (Å²) in [6.45, 7) is 2.26. The Kier molecular flexibility index (Phi) is 5.49. The minimum absolute atomic E-state index is 0.0449. The number of hydrogen-bond donors (Lipinski definition) is 0. The SMILES string of the molecule is CCCCCOC(=O)c1ccccc1N1C(=O)c2cccc([N+](=O)[O-])c2C1=O. The number of nitrogens with zero attached hydrogens (tertiary/aromatic N) is 2. The number of hydrogen-bond acceptors (Lipinski definition) is 6. The van der Waals surface area contributed by atoms with E-state index in [0.717, 1.165) is 17.7 Å². The summed E-state index contributed by atoms with van der Waals surface area (Å²) < 4.78 is 5.24. The quantitative estimate of drug-likeness (QED) is 0.237. The number of carbonyl (C=O) groups is 3. The normalized spacial score (nSPS) is 12.8. The molecule has 0 radical (unpaired) electrons. The molecule has 0 aliphatic carbocycles. The van der Waals surface area contributed by atoms with Gasteiger partial charge >= 0.3 is 5.97 Å². The van der Waals surface area contributed by atoms with Gasteiger partial charge in [-0.3, -0.25) is 19.7 Å². The Bertz CT molecular complexity index is 969. The number of nitro benzene ring substituents is 1. The Morgan fingerprint density at radius 1 is 1.07 bits per heavy atom. The smallest absolute Gasteiger partial charge is 0.340 e. The number of anilines is 1. The summed E-state index contributed by atoms with van der Waals surface area (Å²) >= 11 is 0. The highest BCUT2D eigenvalue weighted by atomic mass is 16.6. The second-order valence-corrected chi connectivity index (χ2v) is 6.26. The molecule has 1 aliphatic rings. The van der Waals surface area contributed by atoms with Gasteiger partial charge in [-0.1, -0.05) is 38.0 Å². The largest absolute Gasteiger partial charge is 0.462 e. The molecule has 0 spiro atoms. The molecule has 0 saturated carbocycles. The molecular weight excluding hydrogens is 364 g/mol. The van der Waals surface area contributed by atoms with Crippen molar-refractivity contribution in [1.29, 1.82) is 0 Å². The van der Waals surface area contributed by atoms with Crippen LogP contribution in [0.15, 0.2) is 42.5 Å². The van der Waals surface area contributed by atoms with E-state index in [1.165, 1.54) is 30.3 Å². The number of ether oxygens (including phenoxy) is 1. The maximum absolute atomic E-state index is 12.9. The van der Waals surface area contributed by atoms with Crippen molar-refractivity contribution in [2.45, 2.75) is 26.2 Å². The van der Waals surface area contributed by atoms with E-state index >= 15 is 0 Å². The molecule has 2 amide bonds. The number of fused-ring (bicyclic) bond motifs is 1. The molecule has 2 aromatic carbocycles. The topological polar surface area (TPSA) is 107 Å². The Balaban J connectivity index is 1.96. The monoisotopic (exact) mass is 382 g/mol. The van der Waals surface area contributed by atoms with Gasteiger partial charge in [-0.05, 0) is 24.6 Å². The Labute approximate surface area is 160 Å². The van der Waals surface area contributed by atoms with E-state index in [-0.39, 0.29) is 29.0 Å². The molecule has 8 heteroatoms. The number of benzene rings is 2. The average molecular weight is 382 g/mol. The van der Waals surface area contributed by atoms with E-state index in [1.807, 2.05) is 6.92 Å². The third-order valence-electron chi connectivity index (χ3n) is 4.44. The molecule has 1 heterocycles. The van der Waals surface area contributed by atoms with Crippen LogP contribution in [-0.4, -0.2) is 29.3 Å². The third kappa shape index (κ3) is 3.36. The van der Waals surface area contributed by atoms with Gasteiger partial charge < -0.3 is 4.74 Å². The first-order valence-electron chi connectivity index (χ1n) is 8.89. The molecular formula is C20H18N2O6. The lowest BCUT2D eigenvalue weighted by Crippen LogP contribution is -2.31. The van der Waals surface area contributed by atoms with Gasteiger partial charge in [0.2, 0.25) is 0 Å². The summed E-state index contributed by atoms with van der Waals surface area (Å²) in [7, 11) is 0. The van der Waals surface area contributed by atoms with Gasteiger partial charge in [-0.15, -0.1) is 0 Å². The average Bonchev–Trinajstić information content (AvgIpc) is 2.95. The molecule has 0 N–H and O–H groups in total. The van der Waals surface area contributed by atoms with Crippen molar-refractivity contribution >= 4 is 29.2 Å². The van der Waals surface area contributed by atoms with Gasteiger partial charge in [0.1, 0.15) is 5.56 Å². The number of para-hydroxylation sites is 1. The van der Waals surface area contributed by atoms with E-state index < -0.39 is 28.4 Å². The highest BCUT2D eigenvalue weighted by molar-refractivity contribution is 6.36. The molecule has 2 aromatic rings. The molecule has 3 rings (SSSR count). The van der Waals surface area contributed by atoms with Crippen LogP contribution in [0.5, 0.6) is 0 Å². The zero-order valence-corrected chi connectivity index (χ0v) is 15.2. The molecule has 0 bridgehead atoms. The predicted octanol–water partition coefficient (Wildman–Crippen LogP) is 3.74. The summed E-state index contributed by atoms with van der Waals surface area (Å²) in [5, 5.41) is 11.3. The van der Waals surface area contributed by atoms with E-state index in [0.29, 0.717) is 6.42 Å². The number of esters is 1. The highest BCUT2D eigenvalue weighted by Crippen LogP contribution is 2.35. The van der Waals surface area contributed by atoms with Crippen LogP contribution in [0.4, 0.5) is 11.4 Å². The van der Waals surface area contributed by atoms with Crippen molar-refractivity contribution in [3.8, 4) is 0 Å². The van der Waals surface area contributed by atoms with Crippen molar-refractivity contribution in [3.05, 3.63) is 69.3 Å². The van der Waals surface area contributed by atoms with Crippen molar-refractivity contribution in [3.63, 3.8) is 0 Å². The maximum Gasteiger partial charge on any atom is 0.340 e.